The molecular formula is C20H27N3O3S. The van der Waals surface area contributed by atoms with Crippen LogP contribution in [0.25, 0.3) is 11.5 Å². The molecule has 1 fully saturated rings. The lowest BCUT2D eigenvalue weighted by Gasteiger charge is -2.34. The summed E-state index contributed by atoms with van der Waals surface area (Å²) >= 11 is 1.33. The highest BCUT2D eigenvalue weighted by atomic mass is 32.2. The van der Waals surface area contributed by atoms with Gasteiger partial charge in [-0.05, 0) is 51.0 Å². The average molecular weight is 390 g/mol. The van der Waals surface area contributed by atoms with Gasteiger partial charge in [0.1, 0.15) is 5.75 Å². The van der Waals surface area contributed by atoms with Gasteiger partial charge in [0.05, 0.1) is 12.4 Å². The number of rotatable bonds is 7. The number of hydrogen-bond donors (Lipinski definition) is 0. The summed E-state index contributed by atoms with van der Waals surface area (Å²) in [5, 5.41) is 8.37. The molecule has 1 aromatic heterocycles. The maximum absolute atomic E-state index is 12.9. The minimum atomic E-state index is -0.254. The zero-order chi connectivity index (χ0) is 19.2. The van der Waals surface area contributed by atoms with Crippen LogP contribution in [0, 0.1) is 0 Å². The predicted molar refractivity (Wildman–Crippen MR) is 106 cm³/mol. The normalized spacial score (nSPS) is 16.1. The van der Waals surface area contributed by atoms with Crippen LogP contribution < -0.4 is 4.74 Å². The van der Waals surface area contributed by atoms with Crippen LogP contribution in [-0.2, 0) is 4.79 Å². The van der Waals surface area contributed by atoms with Gasteiger partial charge >= 0.3 is 0 Å². The third-order valence-corrected chi connectivity index (χ3v) is 5.93. The summed E-state index contributed by atoms with van der Waals surface area (Å²) in [4.78, 5) is 15.0. The Hall–Kier alpha value is -2.02. The second-order valence-corrected chi connectivity index (χ2v) is 8.07. The molecule has 7 heteroatoms. The maximum atomic E-state index is 12.9. The van der Waals surface area contributed by atoms with Crippen molar-refractivity contribution < 1.29 is 13.9 Å². The Morgan fingerprint density at radius 2 is 1.96 bits per heavy atom. The molecule has 3 rings (SSSR count). The third-order valence-electron chi connectivity index (χ3n) is 5.01. The Labute approximate surface area is 164 Å². The molecule has 27 heavy (non-hydrogen) atoms. The molecule has 146 valence electrons. The molecule has 0 spiro atoms. The molecule has 1 atom stereocenters. The second kappa shape index (κ2) is 9.26. The minimum Gasteiger partial charge on any atom is -0.497 e. The zero-order valence-corrected chi connectivity index (χ0v) is 17.0. The van der Waals surface area contributed by atoms with Gasteiger partial charge in [-0.25, -0.2) is 0 Å². The number of aromatic nitrogens is 2. The number of methoxy groups -OCH3 is 1. The van der Waals surface area contributed by atoms with Crippen molar-refractivity contribution >= 4 is 17.7 Å². The van der Waals surface area contributed by atoms with Gasteiger partial charge < -0.3 is 14.1 Å². The van der Waals surface area contributed by atoms with E-state index in [1.807, 2.05) is 36.1 Å². The van der Waals surface area contributed by atoms with Gasteiger partial charge in [-0.2, -0.15) is 0 Å². The van der Waals surface area contributed by atoms with Crippen LogP contribution in [0.1, 0.15) is 46.0 Å². The number of amides is 1. The molecule has 2 aromatic rings. The van der Waals surface area contributed by atoms with E-state index in [0.717, 1.165) is 30.7 Å². The summed E-state index contributed by atoms with van der Waals surface area (Å²) < 4.78 is 10.9. The smallest absolute Gasteiger partial charge is 0.277 e. The van der Waals surface area contributed by atoms with Crippen molar-refractivity contribution in [3.63, 3.8) is 0 Å². The quantitative estimate of drug-likeness (QED) is 0.654. The van der Waals surface area contributed by atoms with E-state index in [1.165, 1.54) is 31.0 Å². The Morgan fingerprint density at radius 1 is 1.26 bits per heavy atom. The first-order valence-corrected chi connectivity index (χ1v) is 10.5. The van der Waals surface area contributed by atoms with E-state index in [-0.39, 0.29) is 11.2 Å². The van der Waals surface area contributed by atoms with Gasteiger partial charge in [-0.1, -0.05) is 31.0 Å². The van der Waals surface area contributed by atoms with Crippen LogP contribution in [0.5, 0.6) is 5.75 Å². The Bertz CT molecular complexity index is 741. The van der Waals surface area contributed by atoms with E-state index < -0.39 is 0 Å². The molecule has 1 aromatic carbocycles. The summed E-state index contributed by atoms with van der Waals surface area (Å²) in [6.45, 7) is 4.71. The van der Waals surface area contributed by atoms with Crippen LogP contribution in [0.4, 0.5) is 0 Å². The lowest BCUT2D eigenvalue weighted by atomic mass is 9.94. The van der Waals surface area contributed by atoms with Crippen LogP contribution in [0.3, 0.4) is 0 Å². The average Bonchev–Trinajstić information content (AvgIpc) is 3.17. The number of benzene rings is 1. The van der Waals surface area contributed by atoms with Gasteiger partial charge in [0.25, 0.3) is 5.22 Å². The summed E-state index contributed by atoms with van der Waals surface area (Å²) in [5.74, 6) is 1.37. The predicted octanol–water partition coefficient (Wildman–Crippen LogP) is 4.41. The van der Waals surface area contributed by atoms with E-state index in [4.69, 9.17) is 9.15 Å². The van der Waals surface area contributed by atoms with Crippen LogP contribution in [-0.4, -0.2) is 46.0 Å². The number of hydrogen-bond acceptors (Lipinski definition) is 6. The first kappa shape index (κ1) is 19.7. The van der Waals surface area contributed by atoms with Crippen molar-refractivity contribution in [3.8, 4) is 17.2 Å². The first-order valence-electron chi connectivity index (χ1n) is 9.57. The SMILES string of the molecule is CCN(C(=O)C(C)Sc1nnc(-c2ccc(OC)cc2)o1)C1CCCCC1. The summed E-state index contributed by atoms with van der Waals surface area (Å²) in [5.41, 5.74) is 0.825. The molecular weight excluding hydrogens is 362 g/mol. The molecule has 0 bridgehead atoms. The third kappa shape index (κ3) is 4.83. The number of carbonyl (C=O) groups is 1. The van der Waals surface area contributed by atoms with E-state index in [2.05, 4.69) is 17.1 Å². The minimum absolute atomic E-state index is 0.151. The van der Waals surface area contributed by atoms with E-state index in [9.17, 15) is 4.79 Å². The van der Waals surface area contributed by atoms with Gasteiger partial charge in [0.2, 0.25) is 11.8 Å². The molecule has 0 radical (unpaired) electrons. The first-order chi connectivity index (χ1) is 13.1. The van der Waals surface area contributed by atoms with E-state index in [1.54, 1.807) is 7.11 Å². The molecule has 1 heterocycles. The maximum Gasteiger partial charge on any atom is 0.277 e. The Balaban J connectivity index is 1.63. The fraction of sp³-hybridized carbons (Fsp3) is 0.550. The van der Waals surface area contributed by atoms with E-state index >= 15 is 0 Å². The summed E-state index contributed by atoms with van der Waals surface area (Å²) in [6.07, 6.45) is 5.93. The molecule has 1 aliphatic rings. The largest absolute Gasteiger partial charge is 0.497 e. The summed E-state index contributed by atoms with van der Waals surface area (Å²) in [7, 11) is 1.63. The molecule has 0 N–H and O–H groups in total. The number of ether oxygens (including phenoxy) is 1. The molecule has 0 aliphatic heterocycles. The van der Waals surface area contributed by atoms with Crippen LogP contribution in [0.2, 0.25) is 0 Å². The highest BCUT2D eigenvalue weighted by molar-refractivity contribution is 8.00. The molecule has 6 nitrogen and oxygen atoms in total. The molecule has 0 saturated heterocycles. The highest BCUT2D eigenvalue weighted by Gasteiger charge is 2.29. The number of carbonyl (C=O) groups excluding carboxylic acids is 1. The van der Waals surface area contributed by atoms with Crippen LogP contribution in [0.15, 0.2) is 33.9 Å². The van der Waals surface area contributed by atoms with Crippen molar-refractivity contribution in [1.82, 2.24) is 15.1 Å². The van der Waals surface area contributed by atoms with Crippen LogP contribution >= 0.6 is 11.8 Å². The van der Waals surface area contributed by atoms with Crippen molar-refractivity contribution in [2.45, 2.75) is 62.5 Å². The van der Waals surface area contributed by atoms with Crippen molar-refractivity contribution in [2.24, 2.45) is 0 Å². The highest BCUT2D eigenvalue weighted by Crippen LogP contribution is 2.29. The van der Waals surface area contributed by atoms with Gasteiger partial charge in [-0.15, -0.1) is 10.2 Å². The van der Waals surface area contributed by atoms with Gasteiger partial charge in [0, 0.05) is 18.2 Å². The fourth-order valence-electron chi connectivity index (χ4n) is 3.53. The monoisotopic (exact) mass is 389 g/mol. The van der Waals surface area contributed by atoms with Crippen molar-refractivity contribution in [1.29, 1.82) is 0 Å². The lowest BCUT2D eigenvalue weighted by Crippen LogP contribution is -2.44. The van der Waals surface area contributed by atoms with Crippen molar-refractivity contribution in [2.75, 3.05) is 13.7 Å². The molecule has 1 amide bonds. The van der Waals surface area contributed by atoms with Gasteiger partial charge in [-0.3, -0.25) is 4.79 Å². The Kier molecular flexibility index (Phi) is 6.77. The standard InChI is InChI=1S/C20H27N3O3S/c1-4-23(16-8-6-5-7-9-16)19(24)14(2)27-20-22-21-18(26-20)15-10-12-17(25-3)13-11-15/h10-14,16H,4-9H2,1-3H3. The molecule has 1 unspecified atom stereocenters. The fourth-order valence-corrected chi connectivity index (χ4v) is 4.28. The molecule has 1 saturated carbocycles. The number of thioether (sulfide) groups is 1. The second-order valence-electron chi connectivity index (χ2n) is 6.78. The Morgan fingerprint density at radius 3 is 2.59 bits per heavy atom. The lowest BCUT2D eigenvalue weighted by molar-refractivity contribution is -0.133. The zero-order valence-electron chi connectivity index (χ0n) is 16.2. The van der Waals surface area contributed by atoms with Crippen molar-refractivity contribution in [3.05, 3.63) is 24.3 Å². The van der Waals surface area contributed by atoms with Gasteiger partial charge in [0.15, 0.2) is 0 Å². The topological polar surface area (TPSA) is 68.5 Å². The van der Waals surface area contributed by atoms with E-state index in [0.29, 0.717) is 17.2 Å². The summed E-state index contributed by atoms with van der Waals surface area (Å²) in [6, 6.07) is 7.81. The number of nitrogens with zero attached hydrogens (tertiary/aromatic N) is 3. The molecule has 1 aliphatic carbocycles.